The van der Waals surface area contributed by atoms with Crippen LogP contribution in [0.2, 0.25) is 0 Å². The number of hydrogen-bond acceptors (Lipinski definition) is 5. The van der Waals surface area contributed by atoms with Crippen LogP contribution in [0, 0.1) is 0 Å². The number of aliphatic carboxylic acids is 1. The second-order valence-electron chi connectivity index (χ2n) is 8.23. The highest BCUT2D eigenvalue weighted by Gasteiger charge is 2.39. The topological polar surface area (TPSA) is 81.7 Å². The van der Waals surface area contributed by atoms with Gasteiger partial charge in [0.25, 0.3) is 0 Å². The molecule has 0 aliphatic heterocycles. The zero-order valence-electron chi connectivity index (χ0n) is 19.0. The predicted molar refractivity (Wildman–Crippen MR) is 125 cm³/mol. The Kier molecular flexibility index (Phi) is 11.9. The molecule has 7 heteroatoms. The summed E-state index contributed by atoms with van der Waals surface area (Å²) in [4.78, 5) is 26.1. The molecule has 1 aliphatic carbocycles. The summed E-state index contributed by atoms with van der Waals surface area (Å²) in [6.07, 6.45) is 4.74. The van der Waals surface area contributed by atoms with Gasteiger partial charge < -0.3 is 15.7 Å². The van der Waals surface area contributed by atoms with Gasteiger partial charge >= 0.3 is 5.97 Å². The lowest BCUT2D eigenvalue weighted by Crippen LogP contribution is -2.48. The summed E-state index contributed by atoms with van der Waals surface area (Å²) in [5, 5.41) is 17.0. The van der Waals surface area contributed by atoms with Gasteiger partial charge in [-0.3, -0.25) is 14.5 Å². The minimum atomic E-state index is -0.845. The number of hydrogen-bond donors (Lipinski definition) is 3. The zero-order chi connectivity index (χ0) is 22.6. The number of amides is 1. The van der Waals surface area contributed by atoms with Crippen molar-refractivity contribution in [3.63, 3.8) is 0 Å². The van der Waals surface area contributed by atoms with Gasteiger partial charge in [0.1, 0.15) is 0 Å². The summed E-state index contributed by atoms with van der Waals surface area (Å²) in [6.45, 7) is 9.82. The smallest absolute Gasteiger partial charge is 0.303 e. The molecule has 0 atom stereocenters. The Bertz CT molecular complexity index is 651. The van der Waals surface area contributed by atoms with Gasteiger partial charge in [0, 0.05) is 30.3 Å². The molecule has 0 bridgehead atoms. The molecule has 1 saturated carbocycles. The number of nitrogens with one attached hydrogen (secondary N) is 2. The van der Waals surface area contributed by atoms with E-state index in [0.717, 1.165) is 38.8 Å². The van der Waals surface area contributed by atoms with Crippen LogP contribution in [0.5, 0.6) is 0 Å². The van der Waals surface area contributed by atoms with Crippen molar-refractivity contribution in [3.05, 3.63) is 34.5 Å². The molecule has 3 N–H and O–H groups in total. The molecule has 1 aliphatic rings. The van der Waals surface area contributed by atoms with Gasteiger partial charge in [0.15, 0.2) is 0 Å². The van der Waals surface area contributed by atoms with Crippen LogP contribution in [-0.2, 0) is 15.1 Å². The van der Waals surface area contributed by atoms with Gasteiger partial charge in [-0.05, 0) is 71.1 Å². The van der Waals surface area contributed by atoms with Gasteiger partial charge in [0.05, 0.1) is 5.54 Å². The van der Waals surface area contributed by atoms with Crippen molar-refractivity contribution in [2.24, 2.45) is 0 Å². The molecule has 0 spiro atoms. The highest BCUT2D eigenvalue weighted by atomic mass is 32.1. The molecule has 1 heterocycles. The lowest BCUT2D eigenvalue weighted by molar-refractivity contribution is -0.137. The van der Waals surface area contributed by atoms with Gasteiger partial charge in [-0.15, -0.1) is 11.3 Å². The quantitative estimate of drug-likeness (QED) is 0.482. The molecule has 1 amide bonds. The fourth-order valence-corrected chi connectivity index (χ4v) is 4.80. The highest BCUT2D eigenvalue weighted by Crippen LogP contribution is 2.42. The molecule has 30 heavy (non-hydrogen) atoms. The molecule has 0 aromatic carbocycles. The summed E-state index contributed by atoms with van der Waals surface area (Å²) in [5.41, 5.74) is 1.28. The van der Waals surface area contributed by atoms with Crippen molar-refractivity contribution >= 4 is 23.2 Å². The number of carbonyl (C=O) groups excluding carboxylic acids is 1. The summed E-state index contributed by atoms with van der Waals surface area (Å²) >= 11 is 1.80. The lowest BCUT2D eigenvalue weighted by Gasteiger charge is -2.44. The molecule has 6 nitrogen and oxygen atoms in total. The van der Waals surface area contributed by atoms with Crippen LogP contribution in [0.4, 0.5) is 0 Å². The molecular weight excluding hydrogens is 398 g/mol. The Hall–Kier alpha value is -1.70. The predicted octanol–water partition coefficient (Wildman–Crippen LogP) is 3.99. The van der Waals surface area contributed by atoms with Crippen molar-refractivity contribution < 1.29 is 14.7 Å². The van der Waals surface area contributed by atoms with Crippen molar-refractivity contribution in [2.45, 2.75) is 70.4 Å². The van der Waals surface area contributed by atoms with E-state index < -0.39 is 5.97 Å². The first-order chi connectivity index (χ1) is 14.2. The summed E-state index contributed by atoms with van der Waals surface area (Å²) in [6, 6.07) is 4.51. The monoisotopic (exact) mass is 437 g/mol. The summed E-state index contributed by atoms with van der Waals surface area (Å²) < 4.78 is 0. The molecule has 1 fully saturated rings. The van der Waals surface area contributed by atoms with Crippen LogP contribution >= 0.6 is 11.3 Å². The van der Waals surface area contributed by atoms with Crippen LogP contribution in [0.25, 0.3) is 0 Å². The van der Waals surface area contributed by atoms with Gasteiger partial charge in [0.2, 0.25) is 5.91 Å². The van der Waals surface area contributed by atoms with Gasteiger partial charge in [-0.2, -0.15) is 0 Å². The second-order valence-corrected chi connectivity index (χ2v) is 9.18. The minimum Gasteiger partial charge on any atom is -0.481 e. The van der Waals surface area contributed by atoms with E-state index >= 15 is 0 Å². The van der Waals surface area contributed by atoms with Crippen LogP contribution in [-0.4, -0.2) is 55.1 Å². The number of carboxylic acids is 1. The Labute approximate surface area is 185 Å². The number of likely N-dealkylation sites (N-methyl/N-ethyl adjacent to an activating group) is 1. The minimum absolute atomic E-state index is 0.0234. The third kappa shape index (κ3) is 8.98. The fraction of sp³-hybridized carbons (Fsp3) is 0.652. The number of thiophene rings is 1. The lowest BCUT2D eigenvalue weighted by atomic mass is 9.77. The van der Waals surface area contributed by atoms with Crippen LogP contribution < -0.4 is 10.6 Å². The Morgan fingerprint density at radius 3 is 2.40 bits per heavy atom. The SMILES string of the molecule is C=C(C)CNCC.CN(C)C1(c2cccs2)CCC(NC(=O)CCCC(=O)O)CC1. The molecule has 0 saturated heterocycles. The number of rotatable bonds is 10. The number of carboxylic acid groups (broad SMARTS) is 1. The maximum absolute atomic E-state index is 11.9. The molecule has 2 rings (SSSR count). The van der Waals surface area contributed by atoms with Crippen molar-refractivity contribution in [3.8, 4) is 0 Å². The second kappa shape index (κ2) is 13.6. The third-order valence-corrected chi connectivity index (χ3v) is 6.55. The Balaban J connectivity index is 0.000000553. The van der Waals surface area contributed by atoms with E-state index in [9.17, 15) is 9.59 Å². The van der Waals surface area contributed by atoms with Crippen molar-refractivity contribution in [1.82, 2.24) is 15.5 Å². The third-order valence-electron chi connectivity index (χ3n) is 5.49. The molecule has 0 unspecified atom stereocenters. The number of nitrogens with zero attached hydrogens (tertiary/aromatic N) is 1. The van der Waals surface area contributed by atoms with E-state index in [4.69, 9.17) is 5.11 Å². The van der Waals surface area contributed by atoms with Crippen LogP contribution in [0.15, 0.2) is 29.7 Å². The highest BCUT2D eigenvalue weighted by molar-refractivity contribution is 7.10. The zero-order valence-corrected chi connectivity index (χ0v) is 19.8. The van der Waals surface area contributed by atoms with Crippen LogP contribution in [0.1, 0.15) is 63.7 Å². The van der Waals surface area contributed by atoms with E-state index in [-0.39, 0.29) is 23.9 Å². The summed E-state index contributed by atoms with van der Waals surface area (Å²) in [7, 11) is 4.26. The Morgan fingerprint density at radius 1 is 1.30 bits per heavy atom. The first kappa shape index (κ1) is 26.3. The van der Waals surface area contributed by atoms with E-state index in [2.05, 4.69) is 60.6 Å². The Morgan fingerprint density at radius 2 is 1.97 bits per heavy atom. The molecule has 0 radical (unpaired) electrons. The summed E-state index contributed by atoms with van der Waals surface area (Å²) in [5.74, 6) is -0.869. The number of carbonyl (C=O) groups is 2. The maximum Gasteiger partial charge on any atom is 0.303 e. The molecule has 170 valence electrons. The van der Waals surface area contributed by atoms with Gasteiger partial charge in [-0.25, -0.2) is 0 Å². The van der Waals surface area contributed by atoms with E-state index in [1.165, 1.54) is 10.5 Å². The first-order valence-corrected chi connectivity index (χ1v) is 11.7. The molecule has 1 aromatic rings. The maximum atomic E-state index is 11.9. The molecule has 1 aromatic heterocycles. The van der Waals surface area contributed by atoms with Crippen molar-refractivity contribution in [2.75, 3.05) is 27.2 Å². The van der Waals surface area contributed by atoms with Gasteiger partial charge in [-0.1, -0.05) is 25.1 Å². The first-order valence-electron chi connectivity index (χ1n) is 10.8. The van der Waals surface area contributed by atoms with Crippen molar-refractivity contribution in [1.29, 1.82) is 0 Å². The van der Waals surface area contributed by atoms with E-state index in [0.29, 0.717) is 12.8 Å². The largest absolute Gasteiger partial charge is 0.481 e. The van der Waals surface area contributed by atoms with E-state index in [1.54, 1.807) is 11.3 Å². The molecular formula is C23H39N3O3S. The normalized spacial score (nSPS) is 20.9. The van der Waals surface area contributed by atoms with Crippen LogP contribution in [0.3, 0.4) is 0 Å². The standard InChI is InChI=1S/C17H26N2O3S.C6H13N/c1-19(2)17(14-5-4-12-23-14)10-8-13(9-11-17)18-15(20)6-3-7-16(21)22;1-4-7-5-6(2)3/h4-5,12-13H,3,6-11H2,1-2H3,(H,18,20)(H,21,22);7H,2,4-5H2,1,3H3. The average Bonchev–Trinajstić information content (AvgIpc) is 3.22. The van der Waals surface area contributed by atoms with E-state index in [1.807, 2.05) is 6.92 Å². The fourth-order valence-electron chi connectivity index (χ4n) is 3.74. The average molecular weight is 438 g/mol.